The number of nitrogens with one attached hydrogen (secondary N) is 1. The highest BCUT2D eigenvalue weighted by Gasteiger charge is 2.09. The van der Waals surface area contributed by atoms with Gasteiger partial charge < -0.3 is 10.8 Å². The van der Waals surface area contributed by atoms with Gasteiger partial charge in [-0.1, -0.05) is 0 Å². The summed E-state index contributed by atoms with van der Waals surface area (Å²) < 4.78 is 0.755. The zero-order valence-electron chi connectivity index (χ0n) is 5.21. The van der Waals surface area contributed by atoms with Crippen LogP contribution in [0.2, 0.25) is 0 Å². The van der Waals surface area contributed by atoms with Gasteiger partial charge in [-0.05, 0) is 15.9 Å². The molecule has 4 nitrogen and oxygen atoms in total. The Hall–Kier alpha value is -0.390. The van der Waals surface area contributed by atoms with Crippen LogP contribution >= 0.6 is 15.9 Å². The average molecular weight is 206 g/mol. The Morgan fingerprint density at radius 1 is 1.90 bits per heavy atom. The third-order valence-electron chi connectivity index (χ3n) is 1.18. The highest BCUT2D eigenvalue weighted by Crippen LogP contribution is 2.18. The van der Waals surface area contributed by atoms with E-state index in [1.54, 1.807) is 6.20 Å². The molecular formula is C5H8BrN3O. The van der Waals surface area contributed by atoms with Gasteiger partial charge in [-0.15, -0.1) is 0 Å². The second kappa shape index (κ2) is 3.14. The molecule has 1 rings (SSSR count). The second-order valence-electron chi connectivity index (χ2n) is 1.88. The minimum Gasteiger partial charge on any atom is -0.385 e. The van der Waals surface area contributed by atoms with Crippen LogP contribution in [0.1, 0.15) is 11.8 Å². The molecule has 0 saturated carbocycles. The standard InChI is InChI=1S/C5H8BrN3O/c6-3-2-8-9-5(3)4(10)1-7/h2,4,10H,1,7H2,(H,8,9)/t4-/m0/s1. The molecule has 0 aliphatic carbocycles. The Balaban J connectivity index is 2.82. The number of nitrogens with two attached hydrogens (primary N) is 1. The van der Waals surface area contributed by atoms with Gasteiger partial charge in [0, 0.05) is 6.54 Å². The first-order valence-corrected chi connectivity index (χ1v) is 3.62. The summed E-state index contributed by atoms with van der Waals surface area (Å²) in [5.74, 6) is 0. The van der Waals surface area contributed by atoms with Crippen molar-refractivity contribution in [3.05, 3.63) is 16.4 Å². The van der Waals surface area contributed by atoms with Crippen LogP contribution < -0.4 is 5.73 Å². The van der Waals surface area contributed by atoms with Crippen LogP contribution in [0.3, 0.4) is 0 Å². The van der Waals surface area contributed by atoms with Gasteiger partial charge in [0.05, 0.1) is 16.4 Å². The molecule has 1 aromatic rings. The lowest BCUT2D eigenvalue weighted by atomic mass is 10.3. The van der Waals surface area contributed by atoms with Crippen molar-refractivity contribution in [3.63, 3.8) is 0 Å². The second-order valence-corrected chi connectivity index (χ2v) is 2.74. The van der Waals surface area contributed by atoms with Crippen LogP contribution in [-0.2, 0) is 0 Å². The van der Waals surface area contributed by atoms with Gasteiger partial charge in [0.1, 0.15) is 6.10 Å². The lowest BCUT2D eigenvalue weighted by Crippen LogP contribution is -2.12. The van der Waals surface area contributed by atoms with E-state index < -0.39 is 6.10 Å². The normalized spacial score (nSPS) is 13.5. The third kappa shape index (κ3) is 1.36. The maximum Gasteiger partial charge on any atom is 0.109 e. The molecular weight excluding hydrogens is 198 g/mol. The van der Waals surface area contributed by atoms with Gasteiger partial charge in [0.25, 0.3) is 0 Å². The first kappa shape index (κ1) is 7.71. The van der Waals surface area contributed by atoms with Crippen LogP contribution in [0, 0.1) is 0 Å². The molecule has 1 atom stereocenters. The van der Waals surface area contributed by atoms with E-state index in [0.717, 1.165) is 4.47 Å². The number of aromatic amines is 1. The van der Waals surface area contributed by atoms with Gasteiger partial charge in [0.2, 0.25) is 0 Å². The maximum absolute atomic E-state index is 9.17. The van der Waals surface area contributed by atoms with Gasteiger partial charge in [-0.3, -0.25) is 5.10 Å². The number of hydrogen-bond acceptors (Lipinski definition) is 3. The molecule has 0 bridgehead atoms. The lowest BCUT2D eigenvalue weighted by Gasteiger charge is -2.03. The summed E-state index contributed by atoms with van der Waals surface area (Å²) in [6.45, 7) is 0.195. The number of H-pyrrole nitrogens is 1. The molecule has 0 fully saturated rings. The molecule has 1 heterocycles. The van der Waals surface area contributed by atoms with Crippen LogP contribution in [0.15, 0.2) is 10.7 Å². The van der Waals surface area contributed by atoms with E-state index in [4.69, 9.17) is 5.73 Å². The monoisotopic (exact) mass is 205 g/mol. The lowest BCUT2D eigenvalue weighted by molar-refractivity contribution is 0.181. The zero-order valence-corrected chi connectivity index (χ0v) is 6.80. The topological polar surface area (TPSA) is 74.9 Å². The van der Waals surface area contributed by atoms with E-state index in [9.17, 15) is 5.11 Å². The van der Waals surface area contributed by atoms with E-state index in [-0.39, 0.29) is 6.54 Å². The molecule has 0 aliphatic heterocycles. The highest BCUT2D eigenvalue weighted by molar-refractivity contribution is 9.10. The van der Waals surface area contributed by atoms with Crippen molar-refractivity contribution >= 4 is 15.9 Å². The van der Waals surface area contributed by atoms with Crippen LogP contribution in [-0.4, -0.2) is 21.8 Å². The molecule has 56 valence electrons. The third-order valence-corrected chi connectivity index (χ3v) is 1.81. The summed E-state index contributed by atoms with van der Waals surface area (Å²) in [4.78, 5) is 0. The molecule has 0 aliphatic rings. The van der Waals surface area contributed by atoms with E-state index in [1.165, 1.54) is 0 Å². The number of hydrogen-bond donors (Lipinski definition) is 3. The Kier molecular flexibility index (Phi) is 2.42. The van der Waals surface area contributed by atoms with Crippen molar-refractivity contribution in [3.8, 4) is 0 Å². The predicted octanol–water partition coefficient (Wildman–Crippen LogP) is 0.164. The molecule has 0 amide bonds. The number of aromatic nitrogens is 2. The summed E-state index contributed by atoms with van der Waals surface area (Å²) in [6.07, 6.45) is 0.922. The van der Waals surface area contributed by atoms with E-state index >= 15 is 0 Å². The number of nitrogens with zero attached hydrogens (tertiary/aromatic N) is 1. The summed E-state index contributed by atoms with van der Waals surface area (Å²) in [5, 5.41) is 15.5. The van der Waals surface area contributed by atoms with Crippen molar-refractivity contribution in [1.29, 1.82) is 0 Å². The van der Waals surface area contributed by atoms with Crippen LogP contribution in [0.5, 0.6) is 0 Å². The number of aliphatic hydroxyl groups is 1. The fraction of sp³-hybridized carbons (Fsp3) is 0.400. The number of halogens is 1. The molecule has 0 spiro atoms. The zero-order chi connectivity index (χ0) is 7.56. The minimum absolute atomic E-state index is 0.195. The Labute approximate surface area is 66.6 Å². The predicted molar refractivity (Wildman–Crippen MR) is 40.3 cm³/mol. The number of rotatable bonds is 2. The Bertz CT molecular complexity index is 212. The van der Waals surface area contributed by atoms with Gasteiger partial charge >= 0.3 is 0 Å². The number of aliphatic hydroxyl groups excluding tert-OH is 1. The van der Waals surface area contributed by atoms with E-state index in [2.05, 4.69) is 26.1 Å². The van der Waals surface area contributed by atoms with Crippen molar-refractivity contribution in [1.82, 2.24) is 10.2 Å². The fourth-order valence-corrected chi connectivity index (χ4v) is 1.09. The van der Waals surface area contributed by atoms with Gasteiger partial charge in [-0.25, -0.2) is 0 Å². The Morgan fingerprint density at radius 3 is 3.00 bits per heavy atom. The first-order valence-electron chi connectivity index (χ1n) is 2.82. The highest BCUT2D eigenvalue weighted by atomic mass is 79.9. The molecule has 0 aromatic carbocycles. The van der Waals surface area contributed by atoms with Crippen LogP contribution in [0.4, 0.5) is 0 Å². The summed E-state index contributed by atoms with van der Waals surface area (Å²) in [5.41, 5.74) is 5.84. The average Bonchev–Trinajstić information content (AvgIpc) is 2.34. The van der Waals surface area contributed by atoms with Crippen molar-refractivity contribution in [2.75, 3.05) is 6.54 Å². The molecule has 0 unspecified atom stereocenters. The van der Waals surface area contributed by atoms with Gasteiger partial charge in [-0.2, -0.15) is 5.10 Å². The molecule has 5 heteroatoms. The van der Waals surface area contributed by atoms with Crippen molar-refractivity contribution < 1.29 is 5.11 Å². The molecule has 0 radical (unpaired) electrons. The summed E-state index contributed by atoms with van der Waals surface area (Å²) >= 11 is 3.20. The van der Waals surface area contributed by atoms with Crippen LogP contribution in [0.25, 0.3) is 0 Å². The largest absolute Gasteiger partial charge is 0.385 e. The first-order chi connectivity index (χ1) is 4.75. The fourth-order valence-electron chi connectivity index (χ4n) is 0.633. The summed E-state index contributed by atoms with van der Waals surface area (Å²) in [7, 11) is 0. The SMILES string of the molecule is NC[C@H](O)c1[nH]ncc1Br. The summed E-state index contributed by atoms with van der Waals surface area (Å²) in [6, 6.07) is 0. The van der Waals surface area contributed by atoms with Crippen molar-refractivity contribution in [2.45, 2.75) is 6.10 Å². The van der Waals surface area contributed by atoms with Gasteiger partial charge in [0.15, 0.2) is 0 Å². The smallest absolute Gasteiger partial charge is 0.109 e. The van der Waals surface area contributed by atoms with Crippen molar-refractivity contribution in [2.24, 2.45) is 5.73 Å². The molecule has 10 heavy (non-hydrogen) atoms. The maximum atomic E-state index is 9.17. The van der Waals surface area contributed by atoms with E-state index in [1.807, 2.05) is 0 Å². The quantitative estimate of drug-likeness (QED) is 0.645. The van der Waals surface area contributed by atoms with E-state index in [0.29, 0.717) is 5.69 Å². The molecule has 0 saturated heterocycles. The Morgan fingerprint density at radius 2 is 2.60 bits per heavy atom. The minimum atomic E-state index is -0.656. The molecule has 1 aromatic heterocycles. The molecule has 4 N–H and O–H groups in total.